The second-order valence-electron chi connectivity index (χ2n) is 4.37. The number of amides is 1. The van der Waals surface area contributed by atoms with Crippen LogP contribution in [0.25, 0.3) is 0 Å². The lowest BCUT2D eigenvalue weighted by molar-refractivity contribution is -0.121. The number of thioether (sulfide) groups is 1. The molecule has 2 atom stereocenters. The fourth-order valence-corrected chi connectivity index (χ4v) is 3.22. The van der Waals surface area contributed by atoms with Gasteiger partial charge in [0.05, 0.1) is 11.9 Å². The highest BCUT2D eigenvalue weighted by Crippen LogP contribution is 2.26. The zero-order chi connectivity index (χ0) is 12.3. The van der Waals surface area contributed by atoms with Gasteiger partial charge >= 0.3 is 0 Å². The molecule has 2 heterocycles. The van der Waals surface area contributed by atoms with E-state index in [1.54, 1.807) is 17.9 Å². The van der Waals surface area contributed by atoms with Crippen LogP contribution in [0.5, 0.6) is 0 Å². The summed E-state index contributed by atoms with van der Waals surface area (Å²) in [6.45, 7) is 2.53. The SMILES string of the molecule is CNC(=O)Cn1cc(NC2CSCC2C)cn1. The van der Waals surface area contributed by atoms with Crippen molar-refractivity contribution < 1.29 is 4.79 Å². The minimum Gasteiger partial charge on any atom is -0.379 e. The average Bonchev–Trinajstić information content (AvgIpc) is 2.90. The van der Waals surface area contributed by atoms with Gasteiger partial charge in [-0.15, -0.1) is 0 Å². The van der Waals surface area contributed by atoms with E-state index in [0.29, 0.717) is 12.0 Å². The maximum absolute atomic E-state index is 11.2. The highest BCUT2D eigenvalue weighted by atomic mass is 32.2. The largest absolute Gasteiger partial charge is 0.379 e. The lowest BCUT2D eigenvalue weighted by Gasteiger charge is -2.15. The summed E-state index contributed by atoms with van der Waals surface area (Å²) in [5, 5.41) is 10.2. The molecule has 1 amide bonds. The number of nitrogens with zero attached hydrogens (tertiary/aromatic N) is 2. The summed E-state index contributed by atoms with van der Waals surface area (Å²) < 4.78 is 1.65. The first-order chi connectivity index (χ1) is 8.19. The Labute approximate surface area is 105 Å². The first-order valence-corrected chi connectivity index (χ1v) is 6.92. The van der Waals surface area contributed by atoms with E-state index >= 15 is 0 Å². The van der Waals surface area contributed by atoms with Crippen molar-refractivity contribution in [2.45, 2.75) is 19.5 Å². The van der Waals surface area contributed by atoms with Crippen LogP contribution in [0, 0.1) is 5.92 Å². The number of rotatable bonds is 4. The van der Waals surface area contributed by atoms with Gasteiger partial charge in [0, 0.05) is 25.0 Å². The Morgan fingerprint density at radius 3 is 3.12 bits per heavy atom. The van der Waals surface area contributed by atoms with Crippen molar-refractivity contribution in [3.05, 3.63) is 12.4 Å². The molecule has 2 unspecified atom stereocenters. The van der Waals surface area contributed by atoms with Crippen LogP contribution in [0.1, 0.15) is 6.92 Å². The normalized spacial score (nSPS) is 23.6. The summed E-state index contributed by atoms with van der Waals surface area (Å²) in [6.07, 6.45) is 3.66. The molecule has 0 bridgehead atoms. The fraction of sp³-hybridized carbons (Fsp3) is 0.636. The molecule has 94 valence electrons. The lowest BCUT2D eigenvalue weighted by atomic mass is 10.1. The third-order valence-electron chi connectivity index (χ3n) is 2.93. The van der Waals surface area contributed by atoms with Crippen LogP contribution in [-0.4, -0.2) is 40.3 Å². The second-order valence-corrected chi connectivity index (χ2v) is 5.44. The Bertz CT molecular complexity index is 393. The van der Waals surface area contributed by atoms with Gasteiger partial charge in [0.15, 0.2) is 0 Å². The van der Waals surface area contributed by atoms with Gasteiger partial charge in [-0.05, 0) is 11.7 Å². The maximum atomic E-state index is 11.2. The van der Waals surface area contributed by atoms with E-state index in [-0.39, 0.29) is 12.5 Å². The number of likely N-dealkylation sites (N-methyl/N-ethyl adjacent to an activating group) is 1. The van der Waals surface area contributed by atoms with Crippen LogP contribution >= 0.6 is 11.8 Å². The number of aromatic nitrogens is 2. The molecule has 0 spiro atoms. The van der Waals surface area contributed by atoms with Gasteiger partial charge in [-0.1, -0.05) is 6.92 Å². The zero-order valence-corrected chi connectivity index (χ0v) is 11.0. The van der Waals surface area contributed by atoms with Gasteiger partial charge in [-0.3, -0.25) is 9.48 Å². The summed E-state index contributed by atoms with van der Waals surface area (Å²) in [7, 11) is 1.63. The van der Waals surface area contributed by atoms with E-state index in [9.17, 15) is 4.79 Å². The smallest absolute Gasteiger partial charge is 0.241 e. The maximum Gasteiger partial charge on any atom is 0.241 e. The molecule has 2 N–H and O–H groups in total. The molecule has 2 rings (SSSR count). The Morgan fingerprint density at radius 2 is 2.47 bits per heavy atom. The Hall–Kier alpha value is -1.17. The number of carbonyl (C=O) groups excluding carboxylic acids is 1. The number of hydrogen-bond acceptors (Lipinski definition) is 4. The van der Waals surface area contributed by atoms with Crippen LogP contribution in [-0.2, 0) is 11.3 Å². The standard InChI is InChI=1S/C11H18N4OS/c1-8-6-17-7-10(8)14-9-3-13-15(4-9)5-11(16)12-2/h3-4,8,10,14H,5-7H2,1-2H3,(H,12,16). The van der Waals surface area contributed by atoms with Crippen LogP contribution in [0.4, 0.5) is 5.69 Å². The molecule has 0 saturated carbocycles. The number of carbonyl (C=O) groups is 1. The molecule has 17 heavy (non-hydrogen) atoms. The molecule has 1 aromatic heterocycles. The highest BCUT2D eigenvalue weighted by molar-refractivity contribution is 7.99. The first-order valence-electron chi connectivity index (χ1n) is 5.76. The second kappa shape index (κ2) is 5.44. The highest BCUT2D eigenvalue weighted by Gasteiger charge is 2.23. The molecule has 1 fully saturated rings. The summed E-state index contributed by atoms with van der Waals surface area (Å²) in [6, 6.07) is 0.512. The molecule has 0 aliphatic carbocycles. The van der Waals surface area contributed by atoms with E-state index in [0.717, 1.165) is 11.4 Å². The Kier molecular flexibility index (Phi) is 3.93. The topological polar surface area (TPSA) is 59.0 Å². The summed E-state index contributed by atoms with van der Waals surface area (Å²) >= 11 is 1.98. The third-order valence-corrected chi connectivity index (χ3v) is 4.29. The quantitative estimate of drug-likeness (QED) is 0.834. The molecular formula is C11H18N4OS. The van der Waals surface area contributed by atoms with E-state index in [4.69, 9.17) is 0 Å². The van der Waals surface area contributed by atoms with Crippen molar-refractivity contribution in [2.24, 2.45) is 5.92 Å². The predicted octanol–water partition coefficient (Wildman–Crippen LogP) is 0.792. The van der Waals surface area contributed by atoms with Crippen LogP contribution in [0.2, 0.25) is 0 Å². The van der Waals surface area contributed by atoms with Crippen LogP contribution < -0.4 is 10.6 Å². The lowest BCUT2D eigenvalue weighted by Crippen LogP contribution is -2.25. The van der Waals surface area contributed by atoms with Crippen molar-refractivity contribution >= 4 is 23.4 Å². The fourth-order valence-electron chi connectivity index (χ4n) is 1.81. The molecule has 1 aromatic rings. The monoisotopic (exact) mass is 254 g/mol. The summed E-state index contributed by atoms with van der Waals surface area (Å²) in [4.78, 5) is 11.2. The van der Waals surface area contributed by atoms with Gasteiger partial charge < -0.3 is 10.6 Å². The number of hydrogen-bond donors (Lipinski definition) is 2. The molecule has 1 saturated heterocycles. The molecule has 5 nitrogen and oxygen atoms in total. The molecular weight excluding hydrogens is 236 g/mol. The number of nitrogens with one attached hydrogen (secondary N) is 2. The molecule has 1 aliphatic rings. The van der Waals surface area contributed by atoms with Gasteiger partial charge in [0.25, 0.3) is 0 Å². The van der Waals surface area contributed by atoms with Gasteiger partial charge in [-0.25, -0.2) is 0 Å². The molecule has 6 heteroatoms. The van der Waals surface area contributed by atoms with Crippen molar-refractivity contribution in [3.8, 4) is 0 Å². The third kappa shape index (κ3) is 3.15. The Balaban J connectivity index is 1.91. The van der Waals surface area contributed by atoms with E-state index < -0.39 is 0 Å². The average molecular weight is 254 g/mol. The van der Waals surface area contributed by atoms with E-state index in [1.807, 2.05) is 18.0 Å². The molecule has 0 radical (unpaired) electrons. The van der Waals surface area contributed by atoms with Gasteiger partial charge in [-0.2, -0.15) is 16.9 Å². The van der Waals surface area contributed by atoms with Crippen LogP contribution in [0.15, 0.2) is 12.4 Å². The first kappa shape index (κ1) is 12.3. The Morgan fingerprint density at radius 1 is 1.65 bits per heavy atom. The zero-order valence-electron chi connectivity index (χ0n) is 10.1. The molecule has 0 aromatic carbocycles. The van der Waals surface area contributed by atoms with E-state index in [2.05, 4.69) is 22.7 Å². The van der Waals surface area contributed by atoms with Crippen molar-refractivity contribution in [1.29, 1.82) is 0 Å². The van der Waals surface area contributed by atoms with E-state index in [1.165, 1.54) is 5.75 Å². The minimum atomic E-state index is -0.0376. The molecule has 1 aliphatic heterocycles. The van der Waals surface area contributed by atoms with Crippen molar-refractivity contribution in [1.82, 2.24) is 15.1 Å². The van der Waals surface area contributed by atoms with Crippen LogP contribution in [0.3, 0.4) is 0 Å². The predicted molar refractivity (Wildman–Crippen MR) is 70.2 cm³/mol. The van der Waals surface area contributed by atoms with Gasteiger partial charge in [0.1, 0.15) is 6.54 Å². The van der Waals surface area contributed by atoms with Crippen molar-refractivity contribution in [2.75, 3.05) is 23.9 Å². The summed E-state index contributed by atoms with van der Waals surface area (Å²) in [5.74, 6) is 3.00. The minimum absolute atomic E-state index is 0.0376. The summed E-state index contributed by atoms with van der Waals surface area (Å²) in [5.41, 5.74) is 0.994. The number of anilines is 1. The van der Waals surface area contributed by atoms with Gasteiger partial charge in [0.2, 0.25) is 5.91 Å². The van der Waals surface area contributed by atoms with Crippen molar-refractivity contribution in [3.63, 3.8) is 0 Å².